The van der Waals surface area contributed by atoms with Gasteiger partial charge in [-0.15, -0.1) is 10.2 Å². The first-order valence-electron chi connectivity index (χ1n) is 7.57. The first kappa shape index (κ1) is 16.0. The van der Waals surface area contributed by atoms with Crippen LogP contribution in [0.4, 0.5) is 0 Å². The predicted octanol–water partition coefficient (Wildman–Crippen LogP) is 2.67. The van der Waals surface area contributed by atoms with Crippen LogP contribution in [0, 0.1) is 0 Å². The van der Waals surface area contributed by atoms with Gasteiger partial charge in [-0.05, 0) is 12.0 Å². The van der Waals surface area contributed by atoms with E-state index in [2.05, 4.69) is 10.2 Å². The summed E-state index contributed by atoms with van der Waals surface area (Å²) in [5.41, 5.74) is 1.12. The third-order valence-electron chi connectivity index (χ3n) is 3.76. The molecule has 3 rings (SSSR count). The van der Waals surface area contributed by atoms with Gasteiger partial charge in [0.15, 0.2) is 0 Å². The zero-order chi connectivity index (χ0) is 16.1. The number of methoxy groups -OCH3 is 1. The molecule has 122 valence electrons. The SMILES string of the molecule is COC(CSc1nnc(CN2CCCC2=O)o1)c1ccccc1. The Bertz CT molecular complexity index is 647. The van der Waals surface area contributed by atoms with Crippen molar-refractivity contribution in [2.24, 2.45) is 0 Å². The second kappa shape index (κ2) is 7.61. The Morgan fingerprint density at radius 2 is 2.17 bits per heavy atom. The van der Waals surface area contributed by atoms with Gasteiger partial charge in [-0.1, -0.05) is 42.1 Å². The van der Waals surface area contributed by atoms with Gasteiger partial charge in [0.1, 0.15) is 0 Å². The number of aromatic nitrogens is 2. The molecule has 2 aromatic rings. The normalized spacial score (nSPS) is 16.0. The molecule has 1 atom stereocenters. The maximum atomic E-state index is 11.6. The summed E-state index contributed by atoms with van der Waals surface area (Å²) in [6.07, 6.45) is 1.49. The van der Waals surface area contributed by atoms with Crippen molar-refractivity contribution in [1.29, 1.82) is 0 Å². The monoisotopic (exact) mass is 333 g/mol. The molecule has 1 amide bonds. The number of benzene rings is 1. The average molecular weight is 333 g/mol. The number of thioether (sulfide) groups is 1. The third-order valence-corrected chi connectivity index (χ3v) is 4.64. The van der Waals surface area contributed by atoms with E-state index < -0.39 is 0 Å². The van der Waals surface area contributed by atoms with Crippen LogP contribution < -0.4 is 0 Å². The Morgan fingerprint density at radius 3 is 2.87 bits per heavy atom. The summed E-state index contributed by atoms with van der Waals surface area (Å²) in [4.78, 5) is 13.4. The zero-order valence-corrected chi connectivity index (χ0v) is 13.8. The molecule has 23 heavy (non-hydrogen) atoms. The number of hydrogen-bond acceptors (Lipinski definition) is 6. The summed E-state index contributed by atoms with van der Waals surface area (Å²) in [5, 5.41) is 8.56. The molecule has 0 N–H and O–H groups in total. The van der Waals surface area contributed by atoms with E-state index in [0.717, 1.165) is 18.5 Å². The van der Waals surface area contributed by atoms with Gasteiger partial charge < -0.3 is 14.1 Å². The summed E-state index contributed by atoms with van der Waals surface area (Å²) >= 11 is 1.46. The second-order valence-corrected chi connectivity index (χ2v) is 6.30. The highest BCUT2D eigenvalue weighted by Gasteiger charge is 2.22. The Labute approximate surface area is 139 Å². The van der Waals surface area contributed by atoms with Gasteiger partial charge in [-0.2, -0.15) is 0 Å². The summed E-state index contributed by atoms with van der Waals surface area (Å²) in [5.74, 6) is 1.32. The van der Waals surface area contributed by atoms with Crippen molar-refractivity contribution in [3.05, 3.63) is 41.8 Å². The maximum absolute atomic E-state index is 11.6. The van der Waals surface area contributed by atoms with E-state index in [4.69, 9.17) is 9.15 Å². The largest absolute Gasteiger partial charge is 0.414 e. The molecule has 6 nitrogen and oxygen atoms in total. The van der Waals surface area contributed by atoms with Gasteiger partial charge in [0.05, 0.1) is 12.6 Å². The van der Waals surface area contributed by atoms with Gasteiger partial charge in [-0.25, -0.2) is 0 Å². The molecule has 0 saturated carbocycles. The van der Waals surface area contributed by atoms with E-state index in [9.17, 15) is 4.79 Å². The van der Waals surface area contributed by atoms with Crippen molar-refractivity contribution in [2.45, 2.75) is 30.7 Å². The third kappa shape index (κ3) is 4.11. The van der Waals surface area contributed by atoms with Crippen LogP contribution in [0.3, 0.4) is 0 Å². The van der Waals surface area contributed by atoms with Crippen molar-refractivity contribution in [3.63, 3.8) is 0 Å². The Balaban J connectivity index is 1.55. The number of nitrogens with zero attached hydrogens (tertiary/aromatic N) is 3. The molecule has 1 aliphatic heterocycles. The van der Waals surface area contributed by atoms with Crippen molar-refractivity contribution < 1.29 is 13.9 Å². The van der Waals surface area contributed by atoms with Crippen LogP contribution in [-0.2, 0) is 16.1 Å². The van der Waals surface area contributed by atoms with Gasteiger partial charge in [-0.3, -0.25) is 4.79 Å². The number of carbonyl (C=O) groups excluding carboxylic acids is 1. The van der Waals surface area contributed by atoms with E-state index in [0.29, 0.717) is 29.8 Å². The topological polar surface area (TPSA) is 68.5 Å². The molecule has 0 radical (unpaired) electrons. The van der Waals surface area contributed by atoms with Crippen LogP contribution in [0.1, 0.15) is 30.4 Å². The average Bonchev–Trinajstić information content (AvgIpc) is 3.19. The number of hydrogen-bond donors (Lipinski definition) is 0. The van der Waals surface area contributed by atoms with Crippen LogP contribution in [0.2, 0.25) is 0 Å². The smallest absolute Gasteiger partial charge is 0.276 e. The van der Waals surface area contributed by atoms with Crippen LogP contribution >= 0.6 is 11.8 Å². The minimum atomic E-state index is -0.0308. The second-order valence-electron chi connectivity index (χ2n) is 5.33. The lowest BCUT2D eigenvalue weighted by molar-refractivity contribution is -0.128. The first-order valence-corrected chi connectivity index (χ1v) is 8.55. The lowest BCUT2D eigenvalue weighted by Gasteiger charge is -2.14. The van der Waals surface area contributed by atoms with Crippen LogP contribution in [0.5, 0.6) is 0 Å². The van der Waals surface area contributed by atoms with Gasteiger partial charge in [0.25, 0.3) is 5.22 Å². The van der Waals surface area contributed by atoms with E-state index >= 15 is 0 Å². The van der Waals surface area contributed by atoms with E-state index in [1.807, 2.05) is 30.3 Å². The van der Waals surface area contributed by atoms with Crippen molar-refractivity contribution in [3.8, 4) is 0 Å². The van der Waals surface area contributed by atoms with Crippen LogP contribution in [0.15, 0.2) is 40.0 Å². The quantitative estimate of drug-likeness (QED) is 0.726. The number of rotatable bonds is 7. The first-order chi connectivity index (χ1) is 11.3. The molecule has 0 bridgehead atoms. The Kier molecular flexibility index (Phi) is 5.30. The van der Waals surface area contributed by atoms with E-state index in [-0.39, 0.29) is 12.0 Å². The van der Waals surface area contributed by atoms with Crippen LogP contribution in [-0.4, -0.2) is 40.4 Å². The zero-order valence-electron chi connectivity index (χ0n) is 13.0. The van der Waals surface area contributed by atoms with Crippen molar-refractivity contribution in [1.82, 2.24) is 15.1 Å². The maximum Gasteiger partial charge on any atom is 0.276 e. The number of ether oxygens (including phenoxy) is 1. The van der Waals surface area contributed by atoms with Gasteiger partial charge in [0.2, 0.25) is 11.8 Å². The summed E-state index contributed by atoms with van der Waals surface area (Å²) in [6, 6.07) is 10.0. The lowest BCUT2D eigenvalue weighted by atomic mass is 10.1. The van der Waals surface area contributed by atoms with Crippen molar-refractivity contribution >= 4 is 17.7 Å². The predicted molar refractivity (Wildman–Crippen MR) is 85.9 cm³/mol. The van der Waals surface area contributed by atoms with E-state index in [1.54, 1.807) is 12.0 Å². The molecule has 1 fully saturated rings. The molecular weight excluding hydrogens is 314 g/mol. The van der Waals surface area contributed by atoms with Gasteiger partial charge in [0, 0.05) is 25.8 Å². The molecule has 2 heterocycles. The molecule has 1 unspecified atom stereocenters. The molecule has 0 spiro atoms. The molecule has 7 heteroatoms. The molecule has 1 aromatic carbocycles. The Hall–Kier alpha value is -1.86. The van der Waals surface area contributed by atoms with Gasteiger partial charge >= 0.3 is 0 Å². The summed E-state index contributed by atoms with van der Waals surface area (Å²) in [7, 11) is 1.69. The molecule has 1 aliphatic rings. The highest BCUT2D eigenvalue weighted by Crippen LogP contribution is 2.26. The number of likely N-dealkylation sites (tertiary alicyclic amines) is 1. The standard InChI is InChI=1S/C16H19N3O3S/c1-21-13(12-6-3-2-4-7-12)11-23-16-18-17-14(22-16)10-19-9-5-8-15(19)20/h2-4,6-7,13H,5,8-11H2,1H3. The minimum Gasteiger partial charge on any atom is -0.414 e. The summed E-state index contributed by atoms with van der Waals surface area (Å²) in [6.45, 7) is 1.17. The highest BCUT2D eigenvalue weighted by molar-refractivity contribution is 7.99. The highest BCUT2D eigenvalue weighted by atomic mass is 32.2. The molecular formula is C16H19N3O3S. The fourth-order valence-corrected chi connectivity index (χ4v) is 3.39. The molecule has 1 aromatic heterocycles. The minimum absolute atomic E-state index is 0.0308. The van der Waals surface area contributed by atoms with Crippen molar-refractivity contribution in [2.75, 3.05) is 19.4 Å². The molecule has 0 aliphatic carbocycles. The van der Waals surface area contributed by atoms with Crippen LogP contribution in [0.25, 0.3) is 0 Å². The fourth-order valence-electron chi connectivity index (χ4n) is 2.51. The number of carbonyl (C=O) groups is 1. The fraction of sp³-hybridized carbons (Fsp3) is 0.438. The summed E-state index contributed by atoms with van der Waals surface area (Å²) < 4.78 is 11.1. The number of amides is 1. The Morgan fingerprint density at radius 1 is 1.35 bits per heavy atom. The molecule has 1 saturated heterocycles. The van der Waals surface area contributed by atoms with E-state index in [1.165, 1.54) is 11.8 Å². The lowest BCUT2D eigenvalue weighted by Crippen LogP contribution is -2.23.